The molecule has 38 heavy (non-hydrogen) atoms. The fourth-order valence-electron chi connectivity index (χ4n) is 5.58. The maximum atomic E-state index is 5.44. The van der Waals surface area contributed by atoms with E-state index in [1.165, 1.54) is 44.1 Å². The maximum absolute atomic E-state index is 5.44. The number of terminal acetylenes is 1. The number of rotatable bonds is 1. The van der Waals surface area contributed by atoms with Crippen LogP contribution in [0.3, 0.4) is 0 Å². The fourth-order valence-corrected chi connectivity index (χ4v) is 5.58. The van der Waals surface area contributed by atoms with E-state index in [1.54, 1.807) is 0 Å². The van der Waals surface area contributed by atoms with E-state index in [0.29, 0.717) is 0 Å². The molecule has 0 aliphatic heterocycles. The van der Waals surface area contributed by atoms with Gasteiger partial charge < -0.3 is 4.57 Å². The van der Waals surface area contributed by atoms with E-state index in [4.69, 9.17) is 6.42 Å². The molecule has 5 aromatic carbocycles. The smallest absolute Gasteiger partial charge is 0.0541 e. The van der Waals surface area contributed by atoms with E-state index in [2.05, 4.69) is 134 Å². The van der Waals surface area contributed by atoms with Gasteiger partial charge in [-0.05, 0) is 58.7 Å². The molecule has 0 spiro atoms. The molecule has 0 unspecified atom stereocenters. The van der Waals surface area contributed by atoms with Crippen molar-refractivity contribution in [2.24, 2.45) is 0 Å². The predicted molar refractivity (Wildman–Crippen MR) is 164 cm³/mol. The third kappa shape index (κ3) is 4.19. The normalized spacial score (nSPS) is 12.4. The summed E-state index contributed by atoms with van der Waals surface area (Å²) in [5.41, 5.74) is 10.3. The monoisotopic (exact) mass is 491 g/mol. The Kier molecular flexibility index (Phi) is 6.91. The molecule has 0 radical (unpaired) electrons. The standard InChI is InChI=1S/C20H13N.C15H14.C2H6/c1-2-15-11-13-16(14-12-15)21-19-9-5-3-7-17(19)18-8-4-6-10-20(18)21;1-15(2)13-9-5-3-7-11(13)12-8-4-6-10-14(12)15;1-2/h1,3-14H;3-10H,1-2H3;1-2H3. The van der Waals surface area contributed by atoms with E-state index in [9.17, 15) is 0 Å². The zero-order chi connectivity index (χ0) is 26.7. The summed E-state index contributed by atoms with van der Waals surface area (Å²) in [7, 11) is 0. The molecule has 1 aliphatic carbocycles. The highest BCUT2D eigenvalue weighted by Crippen LogP contribution is 2.48. The predicted octanol–water partition coefficient (Wildman–Crippen LogP) is 9.78. The van der Waals surface area contributed by atoms with Crippen molar-refractivity contribution in [2.45, 2.75) is 33.1 Å². The molecular formula is C37H33N. The quantitative estimate of drug-likeness (QED) is 0.202. The Hall–Kier alpha value is -4.54. The summed E-state index contributed by atoms with van der Waals surface area (Å²) < 4.78 is 2.28. The molecule has 1 heteroatoms. The van der Waals surface area contributed by atoms with Crippen LogP contribution in [0.25, 0.3) is 38.6 Å². The van der Waals surface area contributed by atoms with Crippen LogP contribution in [0, 0.1) is 12.3 Å². The van der Waals surface area contributed by atoms with Gasteiger partial charge in [-0.15, -0.1) is 6.42 Å². The molecule has 1 aromatic heterocycles. The Labute approximate surface area is 226 Å². The highest BCUT2D eigenvalue weighted by atomic mass is 15.0. The van der Waals surface area contributed by atoms with Crippen LogP contribution in [-0.2, 0) is 5.41 Å². The summed E-state index contributed by atoms with van der Waals surface area (Å²) in [5, 5.41) is 2.54. The summed E-state index contributed by atoms with van der Waals surface area (Å²) in [6, 6.07) is 42.5. The summed E-state index contributed by atoms with van der Waals surface area (Å²) in [5.74, 6) is 2.66. The van der Waals surface area contributed by atoms with E-state index >= 15 is 0 Å². The highest BCUT2D eigenvalue weighted by molar-refractivity contribution is 6.09. The average molecular weight is 492 g/mol. The van der Waals surface area contributed by atoms with Crippen molar-refractivity contribution in [3.63, 3.8) is 0 Å². The van der Waals surface area contributed by atoms with Gasteiger partial charge in [0.05, 0.1) is 11.0 Å². The van der Waals surface area contributed by atoms with Crippen molar-refractivity contribution in [3.8, 4) is 29.2 Å². The van der Waals surface area contributed by atoms with Gasteiger partial charge in [0.15, 0.2) is 0 Å². The Morgan fingerprint density at radius 3 is 1.45 bits per heavy atom. The molecule has 1 heterocycles. The molecular weight excluding hydrogens is 458 g/mol. The first-order chi connectivity index (χ1) is 18.6. The van der Waals surface area contributed by atoms with Gasteiger partial charge in [0.25, 0.3) is 0 Å². The molecule has 0 saturated carbocycles. The van der Waals surface area contributed by atoms with Gasteiger partial charge in [0, 0.05) is 27.4 Å². The number of benzene rings is 5. The van der Waals surface area contributed by atoms with Gasteiger partial charge >= 0.3 is 0 Å². The lowest BCUT2D eigenvalue weighted by Gasteiger charge is -2.20. The number of nitrogens with zero attached hydrogens (tertiary/aromatic N) is 1. The largest absolute Gasteiger partial charge is 0.309 e. The second-order valence-corrected chi connectivity index (χ2v) is 9.78. The van der Waals surface area contributed by atoms with Crippen molar-refractivity contribution < 1.29 is 0 Å². The minimum atomic E-state index is 0.160. The Bertz CT molecular complexity index is 1660. The third-order valence-corrected chi connectivity index (χ3v) is 7.36. The molecule has 1 aliphatic rings. The van der Waals surface area contributed by atoms with Gasteiger partial charge in [-0.1, -0.05) is 119 Å². The molecule has 6 aromatic rings. The second-order valence-electron chi connectivity index (χ2n) is 9.78. The SMILES string of the molecule is C#Cc1ccc(-n2c3ccccc3c3ccccc32)cc1.CC.CC1(C)c2ccccc2-c2ccccc21. The van der Waals surface area contributed by atoms with Gasteiger partial charge in [0.2, 0.25) is 0 Å². The first kappa shape index (κ1) is 25.1. The first-order valence-electron chi connectivity index (χ1n) is 13.3. The third-order valence-electron chi connectivity index (χ3n) is 7.36. The number of hydrogen-bond donors (Lipinski definition) is 0. The van der Waals surface area contributed by atoms with Crippen molar-refractivity contribution >= 4 is 21.8 Å². The van der Waals surface area contributed by atoms with Crippen LogP contribution in [0.4, 0.5) is 0 Å². The second kappa shape index (κ2) is 10.4. The molecule has 0 fully saturated rings. The van der Waals surface area contributed by atoms with Gasteiger partial charge in [-0.25, -0.2) is 0 Å². The molecule has 1 nitrogen and oxygen atoms in total. The molecule has 7 rings (SSSR count). The molecule has 0 bridgehead atoms. The summed E-state index contributed by atoms with van der Waals surface area (Å²) >= 11 is 0. The van der Waals surface area contributed by atoms with E-state index in [0.717, 1.165) is 11.3 Å². The first-order valence-corrected chi connectivity index (χ1v) is 13.3. The molecule has 0 saturated heterocycles. The van der Waals surface area contributed by atoms with Crippen molar-refractivity contribution in [2.75, 3.05) is 0 Å². The van der Waals surface area contributed by atoms with Crippen LogP contribution >= 0.6 is 0 Å². The fraction of sp³-hybridized carbons (Fsp3) is 0.135. The lowest BCUT2D eigenvalue weighted by Crippen LogP contribution is -2.14. The molecule has 0 amide bonds. The van der Waals surface area contributed by atoms with Crippen LogP contribution < -0.4 is 0 Å². The zero-order valence-corrected chi connectivity index (χ0v) is 22.6. The summed E-state index contributed by atoms with van der Waals surface area (Å²) in [6.07, 6.45) is 5.44. The van der Waals surface area contributed by atoms with Crippen LogP contribution in [0.5, 0.6) is 0 Å². The average Bonchev–Trinajstić information content (AvgIpc) is 3.44. The Morgan fingerprint density at radius 1 is 0.553 bits per heavy atom. The molecule has 0 N–H and O–H groups in total. The van der Waals surface area contributed by atoms with Gasteiger partial charge in [0.1, 0.15) is 0 Å². The van der Waals surface area contributed by atoms with Gasteiger partial charge in [-0.3, -0.25) is 0 Å². The number of aromatic nitrogens is 1. The number of fused-ring (bicyclic) bond motifs is 6. The number of para-hydroxylation sites is 2. The summed E-state index contributed by atoms with van der Waals surface area (Å²) in [4.78, 5) is 0. The van der Waals surface area contributed by atoms with Crippen molar-refractivity contribution in [3.05, 3.63) is 138 Å². The maximum Gasteiger partial charge on any atom is 0.0541 e. The molecule has 0 atom stereocenters. The lowest BCUT2D eigenvalue weighted by atomic mass is 9.82. The van der Waals surface area contributed by atoms with E-state index < -0.39 is 0 Å². The van der Waals surface area contributed by atoms with Gasteiger partial charge in [-0.2, -0.15) is 0 Å². The van der Waals surface area contributed by atoms with Crippen molar-refractivity contribution in [1.29, 1.82) is 0 Å². The zero-order valence-electron chi connectivity index (χ0n) is 22.6. The van der Waals surface area contributed by atoms with E-state index in [1.807, 2.05) is 26.0 Å². The minimum Gasteiger partial charge on any atom is -0.309 e. The Balaban J connectivity index is 0.000000153. The minimum absolute atomic E-state index is 0.160. The highest BCUT2D eigenvalue weighted by Gasteiger charge is 2.34. The van der Waals surface area contributed by atoms with Crippen LogP contribution in [0.1, 0.15) is 44.4 Å². The van der Waals surface area contributed by atoms with Crippen LogP contribution in [-0.4, -0.2) is 4.57 Å². The van der Waals surface area contributed by atoms with Crippen molar-refractivity contribution in [1.82, 2.24) is 4.57 Å². The topological polar surface area (TPSA) is 4.93 Å². The van der Waals surface area contributed by atoms with E-state index in [-0.39, 0.29) is 5.41 Å². The van der Waals surface area contributed by atoms with Crippen LogP contribution in [0.15, 0.2) is 121 Å². The Morgan fingerprint density at radius 2 is 0.974 bits per heavy atom. The molecule has 186 valence electrons. The number of hydrogen-bond acceptors (Lipinski definition) is 0. The summed E-state index contributed by atoms with van der Waals surface area (Å²) in [6.45, 7) is 8.61. The van der Waals surface area contributed by atoms with Crippen LogP contribution in [0.2, 0.25) is 0 Å². The lowest BCUT2D eigenvalue weighted by molar-refractivity contribution is 0.660.